The van der Waals surface area contributed by atoms with Crippen molar-refractivity contribution in [1.82, 2.24) is 20.1 Å². The summed E-state index contributed by atoms with van der Waals surface area (Å²) in [7, 11) is 1.95. The van der Waals surface area contributed by atoms with Gasteiger partial charge >= 0.3 is 0 Å². The Morgan fingerprint density at radius 3 is 3.10 bits per heavy atom. The van der Waals surface area contributed by atoms with Gasteiger partial charge in [0.2, 0.25) is 0 Å². The van der Waals surface area contributed by atoms with Crippen LogP contribution in [0.3, 0.4) is 0 Å². The van der Waals surface area contributed by atoms with E-state index in [-0.39, 0.29) is 0 Å². The van der Waals surface area contributed by atoms with Crippen LogP contribution in [0.4, 0.5) is 0 Å². The third-order valence-electron chi connectivity index (χ3n) is 3.42. The second-order valence-electron chi connectivity index (χ2n) is 4.98. The van der Waals surface area contributed by atoms with Crippen molar-refractivity contribution in [3.63, 3.8) is 0 Å². The highest BCUT2D eigenvalue weighted by Crippen LogP contribution is 2.22. The number of hydrogen-bond acceptors (Lipinski definition) is 4. The Hall–Kier alpha value is -1.72. The van der Waals surface area contributed by atoms with Crippen LogP contribution >= 0.6 is 11.3 Å². The second-order valence-corrected chi connectivity index (χ2v) is 5.93. The van der Waals surface area contributed by atoms with Crippen molar-refractivity contribution in [1.29, 1.82) is 0 Å². The minimum atomic E-state index is 0.303. The maximum atomic E-state index is 4.49. The van der Waals surface area contributed by atoms with Crippen LogP contribution in [0.5, 0.6) is 0 Å². The lowest BCUT2D eigenvalue weighted by Gasteiger charge is -2.13. The first-order valence-corrected chi connectivity index (χ1v) is 7.65. The third kappa shape index (κ3) is 2.89. The van der Waals surface area contributed by atoms with E-state index in [1.54, 1.807) is 11.3 Å². The molecule has 1 atom stereocenters. The average Bonchev–Trinajstić information content (AvgIpc) is 3.06. The largest absolute Gasteiger partial charge is 0.310 e. The van der Waals surface area contributed by atoms with Gasteiger partial charge in [-0.3, -0.25) is 9.67 Å². The van der Waals surface area contributed by atoms with Crippen molar-refractivity contribution >= 4 is 21.6 Å². The normalized spacial score (nSPS) is 12.9. The van der Waals surface area contributed by atoms with Crippen LogP contribution in [0, 0.1) is 0 Å². The molecule has 1 N–H and O–H groups in total. The lowest BCUT2D eigenvalue weighted by Crippen LogP contribution is -2.21. The van der Waals surface area contributed by atoms with Gasteiger partial charge in [0, 0.05) is 38.4 Å². The van der Waals surface area contributed by atoms with E-state index in [0.717, 1.165) is 24.2 Å². The number of nitrogens with one attached hydrogen (secondary N) is 1. The zero-order chi connectivity index (χ0) is 13.9. The van der Waals surface area contributed by atoms with Gasteiger partial charge in [0.15, 0.2) is 0 Å². The molecule has 3 aromatic heterocycles. The molecule has 1 unspecified atom stereocenters. The molecule has 5 heteroatoms. The summed E-state index contributed by atoms with van der Waals surface area (Å²) in [5.41, 5.74) is 3.44. The quantitative estimate of drug-likeness (QED) is 0.784. The second kappa shape index (κ2) is 5.73. The summed E-state index contributed by atoms with van der Waals surface area (Å²) in [5, 5.41) is 9.99. The fourth-order valence-electron chi connectivity index (χ4n) is 2.23. The Morgan fingerprint density at radius 1 is 1.40 bits per heavy atom. The number of nitrogens with zero attached hydrogens (tertiary/aromatic N) is 3. The van der Waals surface area contributed by atoms with Gasteiger partial charge < -0.3 is 5.32 Å². The van der Waals surface area contributed by atoms with Crippen LogP contribution < -0.4 is 5.32 Å². The maximum Gasteiger partial charge on any atom is 0.0809 e. The number of pyridine rings is 1. The smallest absolute Gasteiger partial charge is 0.0809 e. The summed E-state index contributed by atoms with van der Waals surface area (Å²) < 4.78 is 3.09. The summed E-state index contributed by atoms with van der Waals surface area (Å²) in [5.74, 6) is 0. The van der Waals surface area contributed by atoms with E-state index < -0.39 is 0 Å². The molecule has 0 fully saturated rings. The number of rotatable bonds is 5. The molecule has 20 heavy (non-hydrogen) atoms. The number of aryl methyl sites for hydroxylation is 1. The number of hydrogen-bond donors (Lipinski definition) is 1. The Morgan fingerprint density at radius 2 is 2.30 bits per heavy atom. The lowest BCUT2D eigenvalue weighted by molar-refractivity contribution is 0.570. The Kier molecular flexibility index (Phi) is 3.80. The first kappa shape index (κ1) is 13.3. The fourth-order valence-corrected chi connectivity index (χ4v) is 3.02. The lowest BCUT2D eigenvalue weighted by atomic mass is 10.1. The van der Waals surface area contributed by atoms with E-state index in [2.05, 4.69) is 45.9 Å². The van der Waals surface area contributed by atoms with Crippen LogP contribution in [0.15, 0.2) is 36.0 Å². The molecule has 0 aliphatic rings. The molecule has 0 saturated heterocycles. The zero-order valence-electron chi connectivity index (χ0n) is 11.7. The van der Waals surface area contributed by atoms with E-state index in [1.807, 2.05) is 24.1 Å². The molecular formula is C15H18N4S. The molecule has 0 saturated carbocycles. The van der Waals surface area contributed by atoms with Crippen LogP contribution in [-0.2, 0) is 13.5 Å². The van der Waals surface area contributed by atoms with Crippen molar-refractivity contribution in [3.05, 3.63) is 47.2 Å². The van der Waals surface area contributed by atoms with Gasteiger partial charge in [-0.1, -0.05) is 0 Å². The topological polar surface area (TPSA) is 42.7 Å². The van der Waals surface area contributed by atoms with Crippen molar-refractivity contribution in [3.8, 4) is 0 Å². The number of thiophene rings is 1. The molecule has 4 nitrogen and oxygen atoms in total. The SMILES string of the molecule is CC(NCCc1ccn(C)n1)c1cnc2ccsc2c1. The predicted octanol–water partition coefficient (Wildman–Crippen LogP) is 2.92. The molecule has 0 spiro atoms. The van der Waals surface area contributed by atoms with Gasteiger partial charge in [-0.05, 0) is 36.1 Å². The summed E-state index contributed by atoms with van der Waals surface area (Å²) >= 11 is 1.74. The molecule has 104 valence electrons. The summed E-state index contributed by atoms with van der Waals surface area (Å²) in [6.07, 6.45) is 4.89. The monoisotopic (exact) mass is 286 g/mol. The van der Waals surface area contributed by atoms with Gasteiger partial charge in [-0.15, -0.1) is 11.3 Å². The minimum Gasteiger partial charge on any atom is -0.310 e. The first-order valence-electron chi connectivity index (χ1n) is 6.77. The van der Waals surface area contributed by atoms with Crippen molar-refractivity contribution in [2.75, 3.05) is 6.54 Å². The van der Waals surface area contributed by atoms with Gasteiger partial charge in [0.05, 0.1) is 15.9 Å². The molecule has 0 aliphatic carbocycles. The minimum absolute atomic E-state index is 0.303. The van der Waals surface area contributed by atoms with Gasteiger partial charge in [0.25, 0.3) is 0 Å². The third-order valence-corrected chi connectivity index (χ3v) is 4.28. The van der Waals surface area contributed by atoms with Gasteiger partial charge in [-0.25, -0.2) is 0 Å². The van der Waals surface area contributed by atoms with Crippen LogP contribution in [-0.4, -0.2) is 21.3 Å². The van der Waals surface area contributed by atoms with Gasteiger partial charge in [-0.2, -0.15) is 5.10 Å². The predicted molar refractivity (Wildman–Crippen MR) is 82.9 cm³/mol. The van der Waals surface area contributed by atoms with Crippen LogP contribution in [0.2, 0.25) is 0 Å². The molecule has 3 aromatic rings. The standard InChI is InChI=1S/C15H18N4S/c1-11(16-6-3-13-4-7-19(2)18-13)12-9-15-14(17-10-12)5-8-20-15/h4-5,7-11,16H,3,6H2,1-2H3. The maximum absolute atomic E-state index is 4.49. The van der Waals surface area contributed by atoms with Crippen LogP contribution in [0.1, 0.15) is 24.2 Å². The zero-order valence-corrected chi connectivity index (χ0v) is 12.5. The van der Waals surface area contributed by atoms with E-state index >= 15 is 0 Å². The molecule has 3 heterocycles. The molecular weight excluding hydrogens is 268 g/mol. The fraction of sp³-hybridized carbons (Fsp3) is 0.333. The Labute approximate surface area is 122 Å². The van der Waals surface area contributed by atoms with E-state index in [0.29, 0.717) is 6.04 Å². The summed E-state index contributed by atoms with van der Waals surface area (Å²) in [6, 6.07) is 6.65. The molecule has 0 radical (unpaired) electrons. The van der Waals surface area contributed by atoms with E-state index in [1.165, 1.54) is 10.3 Å². The molecule has 3 rings (SSSR count). The first-order chi connectivity index (χ1) is 9.72. The van der Waals surface area contributed by atoms with Crippen molar-refractivity contribution in [2.45, 2.75) is 19.4 Å². The molecule has 0 bridgehead atoms. The highest BCUT2D eigenvalue weighted by molar-refractivity contribution is 7.17. The summed E-state index contributed by atoms with van der Waals surface area (Å²) in [4.78, 5) is 4.49. The van der Waals surface area contributed by atoms with Crippen LogP contribution in [0.25, 0.3) is 10.2 Å². The average molecular weight is 286 g/mol. The Balaban J connectivity index is 1.59. The van der Waals surface area contributed by atoms with Crippen molar-refractivity contribution < 1.29 is 0 Å². The highest BCUT2D eigenvalue weighted by atomic mass is 32.1. The number of fused-ring (bicyclic) bond motifs is 1. The Bertz CT molecular complexity index is 701. The molecule has 0 aliphatic heterocycles. The van der Waals surface area contributed by atoms with E-state index in [4.69, 9.17) is 0 Å². The summed E-state index contributed by atoms with van der Waals surface area (Å²) in [6.45, 7) is 3.09. The highest BCUT2D eigenvalue weighted by Gasteiger charge is 2.07. The molecule has 0 aromatic carbocycles. The van der Waals surface area contributed by atoms with Gasteiger partial charge in [0.1, 0.15) is 0 Å². The number of aromatic nitrogens is 3. The van der Waals surface area contributed by atoms with Crippen molar-refractivity contribution in [2.24, 2.45) is 7.05 Å². The molecule has 0 amide bonds. The van der Waals surface area contributed by atoms with E-state index in [9.17, 15) is 0 Å².